The van der Waals surface area contributed by atoms with Gasteiger partial charge in [-0.25, -0.2) is 4.98 Å². The van der Waals surface area contributed by atoms with Crippen molar-refractivity contribution >= 4 is 35.8 Å². The number of rotatable bonds is 11. The molecule has 0 bridgehead atoms. The van der Waals surface area contributed by atoms with E-state index in [2.05, 4.69) is 25.9 Å². The van der Waals surface area contributed by atoms with Gasteiger partial charge in [0.25, 0.3) is 0 Å². The third kappa shape index (κ3) is 9.65. The first-order chi connectivity index (χ1) is 14.0. The Balaban J connectivity index is 0.00000450. The van der Waals surface area contributed by atoms with Gasteiger partial charge in [-0.05, 0) is 37.6 Å². The summed E-state index contributed by atoms with van der Waals surface area (Å²) in [7, 11) is 0. The van der Waals surface area contributed by atoms with E-state index in [0.717, 1.165) is 18.2 Å². The lowest BCUT2D eigenvalue weighted by molar-refractivity contribution is -0.137. The number of halogens is 4. The normalized spacial score (nSPS) is 11.7. The van der Waals surface area contributed by atoms with Crippen LogP contribution < -0.4 is 16.0 Å². The third-order valence-corrected chi connectivity index (χ3v) is 3.71. The van der Waals surface area contributed by atoms with E-state index < -0.39 is 11.7 Å². The smallest absolute Gasteiger partial charge is 0.419 e. The molecule has 0 aliphatic heterocycles. The molecule has 2 heterocycles. The Morgan fingerprint density at radius 2 is 2.03 bits per heavy atom. The number of ether oxygens (including phenoxy) is 1. The number of nitrogens with one attached hydrogen (secondary N) is 3. The average Bonchev–Trinajstić information content (AvgIpc) is 3.20. The zero-order valence-electron chi connectivity index (χ0n) is 16.7. The van der Waals surface area contributed by atoms with Crippen molar-refractivity contribution in [3.63, 3.8) is 0 Å². The summed E-state index contributed by atoms with van der Waals surface area (Å²) in [6.07, 6.45) is -0.785. The number of hydrogen-bond donors (Lipinski definition) is 3. The molecule has 168 valence electrons. The van der Waals surface area contributed by atoms with Gasteiger partial charge in [0.1, 0.15) is 18.2 Å². The Hall–Kier alpha value is -2.02. The van der Waals surface area contributed by atoms with Gasteiger partial charge in [-0.2, -0.15) is 13.2 Å². The maximum atomic E-state index is 13.0. The standard InChI is InChI=1S/C19H26F3N5O2.HI/c1-2-23-18(26-9-5-12-28-14-15-6-4-13-29-15)27-11-10-25-17-16(19(20,21)22)7-3-8-24-17;/h3-4,6-8,13H,2,5,9-12,14H2,1H3,(H,24,25)(H2,23,26,27);1H. The molecular weight excluding hydrogens is 514 g/mol. The molecular formula is C19H27F3IN5O2. The summed E-state index contributed by atoms with van der Waals surface area (Å²) < 4.78 is 49.5. The van der Waals surface area contributed by atoms with Gasteiger partial charge >= 0.3 is 6.18 Å². The first kappa shape index (κ1) is 26.0. The number of alkyl halides is 3. The van der Waals surface area contributed by atoms with Crippen molar-refractivity contribution in [2.24, 2.45) is 4.99 Å². The van der Waals surface area contributed by atoms with Crippen molar-refractivity contribution in [2.45, 2.75) is 26.1 Å². The molecule has 0 fully saturated rings. The van der Waals surface area contributed by atoms with E-state index in [1.54, 1.807) is 6.26 Å². The number of hydrogen-bond acceptors (Lipinski definition) is 5. The number of furan rings is 1. The van der Waals surface area contributed by atoms with Gasteiger partial charge in [-0.3, -0.25) is 4.99 Å². The summed E-state index contributed by atoms with van der Waals surface area (Å²) in [5.41, 5.74) is -0.782. The van der Waals surface area contributed by atoms with Crippen LogP contribution in [0.15, 0.2) is 46.1 Å². The predicted molar refractivity (Wildman–Crippen MR) is 120 cm³/mol. The van der Waals surface area contributed by atoms with Crippen LogP contribution in [0.3, 0.4) is 0 Å². The molecule has 0 aliphatic carbocycles. The molecule has 0 spiro atoms. The molecule has 11 heteroatoms. The van der Waals surface area contributed by atoms with Crippen LogP contribution in [0.5, 0.6) is 0 Å². The van der Waals surface area contributed by atoms with Gasteiger partial charge < -0.3 is 25.1 Å². The van der Waals surface area contributed by atoms with Crippen LogP contribution in [0, 0.1) is 0 Å². The van der Waals surface area contributed by atoms with Crippen molar-refractivity contribution in [3.05, 3.63) is 48.0 Å². The van der Waals surface area contributed by atoms with Gasteiger partial charge in [0, 0.05) is 39.0 Å². The zero-order chi connectivity index (χ0) is 21.0. The molecule has 3 N–H and O–H groups in total. The Bertz CT molecular complexity index is 742. The summed E-state index contributed by atoms with van der Waals surface area (Å²) in [5.74, 6) is 1.19. The van der Waals surface area contributed by atoms with Crippen LogP contribution in [0.25, 0.3) is 0 Å². The lowest BCUT2D eigenvalue weighted by Crippen LogP contribution is -2.39. The molecule has 0 saturated carbocycles. The fourth-order valence-corrected chi connectivity index (χ4v) is 2.40. The average molecular weight is 541 g/mol. The Kier molecular flexibility index (Phi) is 12.2. The fourth-order valence-electron chi connectivity index (χ4n) is 2.40. The Morgan fingerprint density at radius 1 is 1.20 bits per heavy atom. The Labute approximate surface area is 190 Å². The van der Waals surface area contributed by atoms with Crippen LogP contribution in [-0.4, -0.2) is 43.7 Å². The largest absolute Gasteiger partial charge is 0.467 e. The van der Waals surface area contributed by atoms with Crippen molar-refractivity contribution in [1.82, 2.24) is 15.6 Å². The number of nitrogens with zero attached hydrogens (tertiary/aromatic N) is 2. The first-order valence-corrected chi connectivity index (χ1v) is 9.39. The Morgan fingerprint density at radius 3 is 2.73 bits per heavy atom. The van der Waals surface area contributed by atoms with E-state index in [-0.39, 0.29) is 36.3 Å². The second-order valence-electron chi connectivity index (χ2n) is 6.00. The molecule has 2 aromatic rings. The van der Waals surface area contributed by atoms with Crippen LogP contribution in [-0.2, 0) is 17.5 Å². The van der Waals surface area contributed by atoms with E-state index in [1.165, 1.54) is 12.3 Å². The van der Waals surface area contributed by atoms with Crippen molar-refractivity contribution < 1.29 is 22.3 Å². The summed E-state index contributed by atoms with van der Waals surface area (Å²) >= 11 is 0. The monoisotopic (exact) mass is 541 g/mol. The molecule has 0 atom stereocenters. The van der Waals surface area contributed by atoms with E-state index >= 15 is 0 Å². The van der Waals surface area contributed by atoms with Gasteiger partial charge in [0.2, 0.25) is 0 Å². The second-order valence-corrected chi connectivity index (χ2v) is 6.00. The SMILES string of the molecule is CCNC(=NCCCOCc1ccco1)NCCNc1ncccc1C(F)(F)F.I. The van der Waals surface area contributed by atoms with Crippen molar-refractivity contribution in [2.75, 3.05) is 38.1 Å². The summed E-state index contributed by atoms with van der Waals surface area (Å²) in [6, 6.07) is 5.93. The highest BCUT2D eigenvalue weighted by Gasteiger charge is 2.33. The number of anilines is 1. The molecule has 7 nitrogen and oxygen atoms in total. The maximum Gasteiger partial charge on any atom is 0.419 e. The van der Waals surface area contributed by atoms with Crippen LogP contribution in [0.1, 0.15) is 24.7 Å². The molecule has 30 heavy (non-hydrogen) atoms. The summed E-state index contributed by atoms with van der Waals surface area (Å²) in [4.78, 5) is 8.19. The topological polar surface area (TPSA) is 83.7 Å². The van der Waals surface area contributed by atoms with Gasteiger partial charge in [-0.15, -0.1) is 24.0 Å². The molecule has 0 aliphatic rings. The molecule has 0 radical (unpaired) electrons. The number of pyridine rings is 1. The minimum absolute atomic E-state index is 0. The number of guanidine groups is 1. The first-order valence-electron chi connectivity index (χ1n) is 9.39. The molecule has 0 unspecified atom stereocenters. The van der Waals surface area contributed by atoms with Crippen LogP contribution in [0.4, 0.5) is 19.0 Å². The third-order valence-electron chi connectivity index (χ3n) is 3.71. The van der Waals surface area contributed by atoms with Crippen LogP contribution >= 0.6 is 24.0 Å². The van der Waals surface area contributed by atoms with Crippen LogP contribution in [0.2, 0.25) is 0 Å². The predicted octanol–water partition coefficient (Wildman–Crippen LogP) is 3.89. The van der Waals surface area contributed by atoms with Crippen molar-refractivity contribution in [1.29, 1.82) is 0 Å². The molecule has 2 aromatic heterocycles. The minimum atomic E-state index is -4.45. The second kappa shape index (κ2) is 14.1. The van der Waals surface area contributed by atoms with E-state index in [9.17, 15) is 13.2 Å². The maximum absolute atomic E-state index is 13.0. The quantitative estimate of drug-likeness (QED) is 0.173. The zero-order valence-corrected chi connectivity index (χ0v) is 19.0. The van der Waals surface area contributed by atoms with Gasteiger partial charge in [0.15, 0.2) is 5.96 Å². The van der Waals surface area contributed by atoms with Crippen molar-refractivity contribution in [3.8, 4) is 0 Å². The highest BCUT2D eigenvalue weighted by Crippen LogP contribution is 2.33. The molecule has 0 saturated heterocycles. The molecule has 2 rings (SSSR count). The minimum Gasteiger partial charge on any atom is -0.467 e. The van der Waals surface area contributed by atoms with E-state index in [4.69, 9.17) is 9.15 Å². The van der Waals surface area contributed by atoms with E-state index in [1.807, 2.05) is 19.1 Å². The van der Waals surface area contributed by atoms with E-state index in [0.29, 0.717) is 38.8 Å². The highest BCUT2D eigenvalue weighted by molar-refractivity contribution is 14.0. The number of aromatic nitrogens is 1. The summed E-state index contributed by atoms with van der Waals surface area (Å²) in [5, 5.41) is 8.87. The lowest BCUT2D eigenvalue weighted by atomic mass is 10.2. The molecule has 0 amide bonds. The lowest BCUT2D eigenvalue weighted by Gasteiger charge is -2.14. The highest BCUT2D eigenvalue weighted by atomic mass is 127. The fraction of sp³-hybridized carbons (Fsp3) is 0.474. The molecule has 0 aromatic carbocycles. The van der Waals surface area contributed by atoms with Gasteiger partial charge in [0.05, 0.1) is 11.8 Å². The summed E-state index contributed by atoms with van der Waals surface area (Å²) in [6.45, 7) is 4.78. The van der Waals surface area contributed by atoms with Gasteiger partial charge in [-0.1, -0.05) is 0 Å². The number of aliphatic imine (C=N–C) groups is 1.